The van der Waals surface area contributed by atoms with Crippen molar-refractivity contribution in [1.82, 2.24) is 9.13 Å². The summed E-state index contributed by atoms with van der Waals surface area (Å²) < 4.78 is 4.64. The van der Waals surface area contributed by atoms with E-state index in [0.29, 0.717) is 6.54 Å². The molecule has 2 rings (SSSR count). The molecule has 1 aromatic heterocycles. The zero-order valence-corrected chi connectivity index (χ0v) is 11.2. The van der Waals surface area contributed by atoms with Crippen LogP contribution in [-0.2, 0) is 13.1 Å². The second-order valence-corrected chi connectivity index (χ2v) is 4.87. The molecule has 0 aliphatic heterocycles. The molecule has 0 N–H and O–H groups in total. The maximum absolute atomic E-state index is 11.8. The van der Waals surface area contributed by atoms with Gasteiger partial charge in [0.25, 0.3) is 0 Å². The van der Waals surface area contributed by atoms with Crippen LogP contribution in [0.4, 0.5) is 0 Å². The standard InChI is InChI=1S/C12H13IN2O/c1-2-14-7-8-15(12(14)16)9-10-3-5-11(13)6-4-10/h3-8H,2,9H2,1H3. The topological polar surface area (TPSA) is 26.9 Å². The summed E-state index contributed by atoms with van der Waals surface area (Å²) >= 11 is 2.27. The third-order valence-electron chi connectivity index (χ3n) is 2.52. The van der Waals surface area contributed by atoms with Gasteiger partial charge in [0.05, 0.1) is 6.54 Å². The molecule has 0 aliphatic rings. The summed E-state index contributed by atoms with van der Waals surface area (Å²) in [6, 6.07) is 8.21. The number of nitrogens with zero attached hydrogens (tertiary/aromatic N) is 2. The molecule has 0 radical (unpaired) electrons. The zero-order valence-electron chi connectivity index (χ0n) is 9.06. The molecule has 0 spiro atoms. The van der Waals surface area contributed by atoms with Gasteiger partial charge in [0.2, 0.25) is 0 Å². The highest BCUT2D eigenvalue weighted by atomic mass is 127. The molecule has 0 bridgehead atoms. The summed E-state index contributed by atoms with van der Waals surface area (Å²) in [6.45, 7) is 3.33. The minimum absolute atomic E-state index is 0.0565. The molecule has 4 heteroatoms. The third-order valence-corrected chi connectivity index (χ3v) is 3.24. The number of halogens is 1. The lowest BCUT2D eigenvalue weighted by atomic mass is 10.2. The van der Waals surface area contributed by atoms with Gasteiger partial charge in [-0.1, -0.05) is 12.1 Å². The van der Waals surface area contributed by atoms with Crippen molar-refractivity contribution in [3.63, 3.8) is 0 Å². The highest BCUT2D eigenvalue weighted by Gasteiger charge is 2.02. The zero-order chi connectivity index (χ0) is 11.5. The van der Waals surface area contributed by atoms with Crippen molar-refractivity contribution in [2.45, 2.75) is 20.0 Å². The Balaban J connectivity index is 2.24. The second-order valence-electron chi connectivity index (χ2n) is 3.62. The van der Waals surface area contributed by atoms with Gasteiger partial charge in [-0.05, 0) is 47.2 Å². The van der Waals surface area contributed by atoms with E-state index >= 15 is 0 Å². The molecule has 0 fully saturated rings. The summed E-state index contributed by atoms with van der Waals surface area (Å²) in [5.41, 5.74) is 1.21. The number of aromatic nitrogens is 2. The molecule has 0 saturated heterocycles. The van der Waals surface area contributed by atoms with Crippen molar-refractivity contribution < 1.29 is 0 Å². The molecule has 0 atom stereocenters. The summed E-state index contributed by atoms with van der Waals surface area (Å²) in [7, 11) is 0. The molecule has 1 aromatic carbocycles. The van der Waals surface area contributed by atoms with Crippen LogP contribution in [0, 0.1) is 3.57 Å². The first-order valence-corrected chi connectivity index (χ1v) is 6.28. The first-order valence-electron chi connectivity index (χ1n) is 5.20. The molecule has 0 unspecified atom stereocenters. The van der Waals surface area contributed by atoms with Gasteiger partial charge in [0.15, 0.2) is 0 Å². The lowest BCUT2D eigenvalue weighted by Crippen LogP contribution is -2.23. The maximum Gasteiger partial charge on any atom is 0.328 e. The minimum atomic E-state index is 0.0565. The molecule has 0 aliphatic carbocycles. The Morgan fingerprint density at radius 3 is 2.31 bits per heavy atom. The number of rotatable bonds is 3. The van der Waals surface area contributed by atoms with Gasteiger partial charge in [-0.3, -0.25) is 9.13 Å². The van der Waals surface area contributed by atoms with Crippen molar-refractivity contribution >= 4 is 22.6 Å². The molecule has 0 amide bonds. The molecule has 2 aromatic rings. The van der Waals surface area contributed by atoms with E-state index in [1.165, 1.54) is 3.57 Å². The van der Waals surface area contributed by atoms with Crippen molar-refractivity contribution in [3.05, 3.63) is 56.3 Å². The highest BCUT2D eigenvalue weighted by molar-refractivity contribution is 14.1. The molecule has 0 saturated carbocycles. The number of imidazole rings is 1. The van der Waals surface area contributed by atoms with Crippen LogP contribution in [-0.4, -0.2) is 9.13 Å². The van der Waals surface area contributed by atoms with Gasteiger partial charge in [0, 0.05) is 22.5 Å². The van der Waals surface area contributed by atoms with Crippen molar-refractivity contribution in [2.24, 2.45) is 0 Å². The molecular formula is C12H13IN2O. The molecule has 3 nitrogen and oxygen atoms in total. The summed E-state index contributed by atoms with van der Waals surface area (Å²) in [4.78, 5) is 11.8. The first-order chi connectivity index (χ1) is 7.70. The summed E-state index contributed by atoms with van der Waals surface area (Å²) in [5, 5.41) is 0. The largest absolute Gasteiger partial charge is 0.328 e. The predicted molar refractivity (Wildman–Crippen MR) is 72.6 cm³/mol. The van der Waals surface area contributed by atoms with Gasteiger partial charge < -0.3 is 0 Å². The smallest absolute Gasteiger partial charge is 0.300 e. The summed E-state index contributed by atoms with van der Waals surface area (Å²) in [6.07, 6.45) is 3.67. The first kappa shape index (κ1) is 11.4. The SMILES string of the molecule is CCn1ccn(Cc2ccc(I)cc2)c1=O. The maximum atomic E-state index is 11.8. The van der Waals surface area contributed by atoms with E-state index in [9.17, 15) is 4.79 Å². The van der Waals surface area contributed by atoms with Gasteiger partial charge in [-0.15, -0.1) is 0 Å². The quantitative estimate of drug-likeness (QED) is 0.795. The van der Waals surface area contributed by atoms with Gasteiger partial charge in [0.1, 0.15) is 0 Å². The van der Waals surface area contributed by atoms with Gasteiger partial charge in [-0.2, -0.15) is 0 Å². The fourth-order valence-electron chi connectivity index (χ4n) is 1.60. The van der Waals surface area contributed by atoms with Crippen LogP contribution in [0.1, 0.15) is 12.5 Å². The molecule has 1 heterocycles. The van der Waals surface area contributed by atoms with Crippen LogP contribution in [0.3, 0.4) is 0 Å². The second kappa shape index (κ2) is 4.86. The average molecular weight is 328 g/mol. The Kier molecular flexibility index (Phi) is 3.48. The average Bonchev–Trinajstić information content (AvgIpc) is 2.63. The van der Waals surface area contributed by atoms with Gasteiger partial charge >= 0.3 is 5.69 Å². The van der Waals surface area contributed by atoms with Crippen molar-refractivity contribution in [3.8, 4) is 0 Å². The van der Waals surface area contributed by atoms with E-state index in [1.807, 2.05) is 19.3 Å². The normalized spacial score (nSPS) is 10.6. The lowest BCUT2D eigenvalue weighted by Gasteiger charge is -2.02. The molecule has 84 valence electrons. The fourth-order valence-corrected chi connectivity index (χ4v) is 1.96. The molecular weight excluding hydrogens is 315 g/mol. The predicted octanol–water partition coefficient (Wildman–Crippen LogP) is 2.32. The van der Waals surface area contributed by atoms with E-state index in [4.69, 9.17) is 0 Å². The lowest BCUT2D eigenvalue weighted by molar-refractivity contribution is 0.668. The number of hydrogen-bond acceptors (Lipinski definition) is 1. The van der Waals surface area contributed by atoms with E-state index < -0.39 is 0 Å². The van der Waals surface area contributed by atoms with Crippen LogP contribution in [0.15, 0.2) is 41.5 Å². The van der Waals surface area contributed by atoms with E-state index in [0.717, 1.165) is 12.1 Å². The number of aryl methyl sites for hydroxylation is 1. The summed E-state index contributed by atoms with van der Waals surface area (Å²) in [5.74, 6) is 0. The monoisotopic (exact) mass is 328 g/mol. The Labute approximate surface area is 108 Å². The third kappa shape index (κ3) is 2.37. The Morgan fingerprint density at radius 1 is 1.12 bits per heavy atom. The Morgan fingerprint density at radius 2 is 1.75 bits per heavy atom. The van der Waals surface area contributed by atoms with Crippen molar-refractivity contribution in [2.75, 3.05) is 0 Å². The van der Waals surface area contributed by atoms with E-state index in [2.05, 4.69) is 46.9 Å². The van der Waals surface area contributed by atoms with Crippen LogP contribution >= 0.6 is 22.6 Å². The van der Waals surface area contributed by atoms with Gasteiger partial charge in [-0.25, -0.2) is 4.79 Å². The van der Waals surface area contributed by atoms with Crippen LogP contribution < -0.4 is 5.69 Å². The number of benzene rings is 1. The van der Waals surface area contributed by atoms with Crippen molar-refractivity contribution in [1.29, 1.82) is 0 Å². The van der Waals surface area contributed by atoms with Crippen LogP contribution in [0.25, 0.3) is 0 Å². The highest BCUT2D eigenvalue weighted by Crippen LogP contribution is 2.07. The molecule has 16 heavy (non-hydrogen) atoms. The van der Waals surface area contributed by atoms with Crippen LogP contribution in [0.2, 0.25) is 0 Å². The van der Waals surface area contributed by atoms with E-state index in [1.54, 1.807) is 9.13 Å². The van der Waals surface area contributed by atoms with Crippen LogP contribution in [0.5, 0.6) is 0 Å². The number of hydrogen-bond donors (Lipinski definition) is 0. The Hall–Kier alpha value is -1.04. The Bertz CT molecular complexity index is 525. The minimum Gasteiger partial charge on any atom is -0.300 e. The fraction of sp³-hybridized carbons (Fsp3) is 0.250. The van der Waals surface area contributed by atoms with E-state index in [-0.39, 0.29) is 5.69 Å².